The third-order valence-electron chi connectivity index (χ3n) is 8.87. The average molecular weight is 709 g/mol. The summed E-state index contributed by atoms with van der Waals surface area (Å²) in [7, 11) is 0. The number of thiazole rings is 2. The highest BCUT2D eigenvalue weighted by molar-refractivity contribution is 7.23. The average Bonchev–Trinajstić information content (AvgIpc) is 3.92. The number of nitrogens with one attached hydrogen (secondary N) is 2. The molecule has 6 nitrogen and oxygen atoms in total. The molecule has 7 aromatic rings. The van der Waals surface area contributed by atoms with Gasteiger partial charge in [-0.3, -0.25) is 9.59 Å². The van der Waals surface area contributed by atoms with E-state index in [0.717, 1.165) is 103 Å². The van der Waals surface area contributed by atoms with Crippen molar-refractivity contribution in [3.05, 3.63) is 91.3 Å². The molecule has 5 aromatic heterocycles. The van der Waals surface area contributed by atoms with Gasteiger partial charge in [0.2, 0.25) is 0 Å². The van der Waals surface area contributed by atoms with Crippen molar-refractivity contribution < 1.29 is 9.59 Å². The minimum atomic E-state index is -0.197. The molecule has 47 heavy (non-hydrogen) atoms. The number of para-hydroxylation sites is 2. The van der Waals surface area contributed by atoms with E-state index in [-0.39, 0.29) is 11.8 Å². The Morgan fingerprint density at radius 2 is 0.979 bits per heavy atom. The quantitative estimate of drug-likeness (QED) is 0.180. The van der Waals surface area contributed by atoms with E-state index in [9.17, 15) is 9.59 Å². The van der Waals surface area contributed by atoms with Gasteiger partial charge in [-0.2, -0.15) is 0 Å². The van der Waals surface area contributed by atoms with Gasteiger partial charge in [-0.05, 0) is 98.9 Å². The highest BCUT2D eigenvalue weighted by atomic mass is 32.1. The molecule has 234 valence electrons. The van der Waals surface area contributed by atoms with Crippen LogP contribution in [0.1, 0.15) is 65.9 Å². The predicted molar refractivity (Wildman–Crippen MR) is 199 cm³/mol. The molecule has 0 fully saturated rings. The molecule has 2 N–H and O–H groups in total. The highest BCUT2D eigenvalue weighted by Crippen LogP contribution is 2.48. The van der Waals surface area contributed by atoms with Gasteiger partial charge >= 0.3 is 0 Å². The van der Waals surface area contributed by atoms with Crippen LogP contribution < -0.4 is 10.6 Å². The lowest BCUT2D eigenvalue weighted by atomic mass is 9.96. The van der Waals surface area contributed by atoms with Gasteiger partial charge in [0.15, 0.2) is 0 Å². The summed E-state index contributed by atoms with van der Waals surface area (Å²) >= 11 is 7.93. The second kappa shape index (κ2) is 12.1. The molecule has 0 unspecified atom stereocenters. The maximum Gasteiger partial charge on any atom is 0.266 e. The molecule has 0 saturated heterocycles. The topological polar surface area (TPSA) is 84.0 Å². The Kier molecular flexibility index (Phi) is 7.54. The number of aryl methyl sites for hydroxylation is 2. The van der Waals surface area contributed by atoms with E-state index in [1.165, 1.54) is 32.2 Å². The van der Waals surface area contributed by atoms with Crippen LogP contribution >= 0.6 is 56.7 Å². The number of carbonyl (C=O) groups excluding carboxylic acids is 2. The van der Waals surface area contributed by atoms with E-state index in [1.807, 2.05) is 36.4 Å². The number of nitrogens with zero attached hydrogens (tertiary/aromatic N) is 2. The van der Waals surface area contributed by atoms with Gasteiger partial charge in [0.1, 0.15) is 20.0 Å². The Morgan fingerprint density at radius 3 is 1.45 bits per heavy atom. The minimum absolute atomic E-state index is 0.197. The minimum Gasteiger partial charge on any atom is -0.312 e. The van der Waals surface area contributed by atoms with Crippen LogP contribution in [-0.2, 0) is 25.7 Å². The lowest BCUT2D eigenvalue weighted by molar-refractivity contribution is 0.102. The van der Waals surface area contributed by atoms with Gasteiger partial charge in [-0.1, -0.05) is 24.3 Å². The Bertz CT molecular complexity index is 2110. The molecular formula is C36H28N4O2S5. The van der Waals surface area contributed by atoms with E-state index in [2.05, 4.69) is 22.8 Å². The van der Waals surface area contributed by atoms with Crippen molar-refractivity contribution in [3.63, 3.8) is 0 Å². The summed E-state index contributed by atoms with van der Waals surface area (Å²) in [6.07, 6.45) is 8.68. The number of carbonyl (C=O) groups is 2. The first-order chi connectivity index (χ1) is 23.1. The summed E-state index contributed by atoms with van der Waals surface area (Å²) in [5, 5.41) is 10.1. The molecule has 2 aliphatic carbocycles. The monoisotopic (exact) mass is 708 g/mol. The van der Waals surface area contributed by atoms with E-state index < -0.39 is 0 Å². The molecule has 0 saturated carbocycles. The number of anilines is 2. The normalized spacial score (nSPS) is 14.3. The van der Waals surface area contributed by atoms with Crippen LogP contribution in [0, 0.1) is 0 Å². The lowest BCUT2D eigenvalue weighted by Gasteiger charge is -2.11. The summed E-state index contributed by atoms with van der Waals surface area (Å²) in [6, 6.07) is 19.9. The van der Waals surface area contributed by atoms with Crippen molar-refractivity contribution in [2.24, 2.45) is 0 Å². The van der Waals surface area contributed by atoms with Crippen LogP contribution in [0.2, 0.25) is 0 Å². The molecule has 0 radical (unpaired) electrons. The van der Waals surface area contributed by atoms with Crippen LogP contribution in [0.5, 0.6) is 0 Å². The molecule has 0 spiro atoms. The van der Waals surface area contributed by atoms with Gasteiger partial charge < -0.3 is 10.6 Å². The number of hydrogen-bond donors (Lipinski definition) is 2. The zero-order valence-electron chi connectivity index (χ0n) is 25.2. The Morgan fingerprint density at radius 1 is 0.532 bits per heavy atom. The SMILES string of the molecule is O=C(Nc1sc2c(c1-c1nc3ccccc3s1)CCCC2)c1ccc(C(=O)Nc2sc3c(c2-c2nc4ccccc4s2)CCCC3)s1. The zero-order valence-corrected chi connectivity index (χ0v) is 29.3. The van der Waals surface area contributed by atoms with Crippen molar-refractivity contribution in [1.82, 2.24) is 9.97 Å². The third-order valence-corrected chi connectivity index (χ3v) is 14.5. The lowest BCUT2D eigenvalue weighted by Crippen LogP contribution is -2.11. The van der Waals surface area contributed by atoms with Gasteiger partial charge in [0.25, 0.3) is 11.8 Å². The van der Waals surface area contributed by atoms with E-state index in [1.54, 1.807) is 57.5 Å². The Labute approximate surface area is 291 Å². The van der Waals surface area contributed by atoms with E-state index in [4.69, 9.17) is 9.97 Å². The molecule has 0 aliphatic heterocycles. The molecule has 0 bridgehead atoms. The second-order valence-electron chi connectivity index (χ2n) is 11.9. The van der Waals surface area contributed by atoms with Gasteiger partial charge in [-0.25, -0.2) is 9.97 Å². The summed E-state index contributed by atoms with van der Waals surface area (Å²) < 4.78 is 2.28. The summed E-state index contributed by atoms with van der Waals surface area (Å²) in [5.74, 6) is -0.395. The first-order valence-electron chi connectivity index (χ1n) is 15.8. The number of aromatic nitrogens is 2. The number of rotatable bonds is 6. The van der Waals surface area contributed by atoms with Gasteiger partial charge in [0.05, 0.1) is 30.2 Å². The number of hydrogen-bond acceptors (Lipinski definition) is 9. The number of benzene rings is 2. The Hall–Kier alpha value is -3.74. The largest absolute Gasteiger partial charge is 0.312 e. The summed E-state index contributed by atoms with van der Waals surface area (Å²) in [4.78, 5) is 41.0. The van der Waals surface area contributed by atoms with Gasteiger partial charge in [0, 0.05) is 20.9 Å². The standard InChI is InChI=1S/C36H28N4O2S5/c41-31(39-35-29(19-9-1-5-13-23(19)44-35)33-37-21-11-3-7-15-25(21)46-33)27-17-18-28(43-27)32(42)40-36-30(20-10-2-6-14-24(20)45-36)34-38-22-12-4-8-16-26(22)47-34/h3-4,7-8,11-12,15-18H,1-2,5-6,9-10,13-14H2,(H,39,41)(H,40,42). The molecule has 9 rings (SSSR count). The van der Waals surface area contributed by atoms with Crippen LogP contribution in [0.3, 0.4) is 0 Å². The molecule has 0 atom stereocenters. The first-order valence-corrected chi connectivity index (χ1v) is 19.9. The van der Waals surface area contributed by atoms with E-state index >= 15 is 0 Å². The fourth-order valence-corrected chi connectivity index (χ4v) is 12.2. The summed E-state index contributed by atoms with van der Waals surface area (Å²) in [5.41, 5.74) is 6.74. The molecule has 11 heteroatoms. The van der Waals surface area contributed by atoms with Crippen molar-refractivity contribution >= 4 is 98.9 Å². The fraction of sp³-hybridized carbons (Fsp3) is 0.222. The fourth-order valence-electron chi connectivity index (χ4n) is 6.63. The number of thiophene rings is 3. The Balaban J connectivity index is 0.994. The van der Waals surface area contributed by atoms with Crippen LogP contribution in [-0.4, -0.2) is 21.8 Å². The summed E-state index contributed by atoms with van der Waals surface area (Å²) in [6.45, 7) is 0. The first kappa shape index (κ1) is 29.4. The maximum atomic E-state index is 13.7. The zero-order chi connectivity index (χ0) is 31.5. The van der Waals surface area contributed by atoms with Crippen molar-refractivity contribution in [2.45, 2.75) is 51.4 Å². The number of amides is 2. The van der Waals surface area contributed by atoms with Crippen molar-refractivity contribution in [1.29, 1.82) is 0 Å². The molecule has 2 aromatic carbocycles. The highest BCUT2D eigenvalue weighted by Gasteiger charge is 2.28. The van der Waals surface area contributed by atoms with Crippen molar-refractivity contribution in [2.75, 3.05) is 10.6 Å². The van der Waals surface area contributed by atoms with Crippen LogP contribution in [0.15, 0.2) is 60.7 Å². The van der Waals surface area contributed by atoms with Crippen molar-refractivity contribution in [3.8, 4) is 21.1 Å². The molecule has 2 amide bonds. The number of fused-ring (bicyclic) bond motifs is 4. The maximum absolute atomic E-state index is 13.7. The van der Waals surface area contributed by atoms with Crippen LogP contribution in [0.4, 0.5) is 10.0 Å². The van der Waals surface area contributed by atoms with Crippen LogP contribution in [0.25, 0.3) is 41.6 Å². The second-order valence-corrected chi connectivity index (χ2v) is 17.2. The molecular weight excluding hydrogens is 681 g/mol. The molecule has 2 aliphatic rings. The predicted octanol–water partition coefficient (Wildman–Crippen LogP) is 10.7. The van der Waals surface area contributed by atoms with E-state index in [0.29, 0.717) is 9.75 Å². The molecule has 5 heterocycles. The van der Waals surface area contributed by atoms with Gasteiger partial charge in [-0.15, -0.1) is 56.7 Å². The third kappa shape index (κ3) is 5.34. The smallest absolute Gasteiger partial charge is 0.266 e.